The molecule has 9 aromatic carbocycles. The van der Waals surface area contributed by atoms with E-state index in [1.165, 1.54) is 22.3 Å². The van der Waals surface area contributed by atoms with Crippen LogP contribution < -0.4 is 0 Å². The van der Waals surface area contributed by atoms with Gasteiger partial charge in [-0.05, 0) is 69.8 Å². The van der Waals surface area contributed by atoms with E-state index in [4.69, 9.17) is 19.4 Å². The maximum absolute atomic E-state index is 6.74. The van der Waals surface area contributed by atoms with Gasteiger partial charge in [0.1, 0.15) is 11.2 Å². The molecule has 0 saturated carbocycles. The summed E-state index contributed by atoms with van der Waals surface area (Å²) in [5, 5.41) is 6.64. The largest absolute Gasteiger partial charge is 0.456 e. The minimum Gasteiger partial charge on any atom is -0.456 e. The topological polar surface area (TPSA) is 61.7 Å². The predicted molar refractivity (Wildman–Crippen MR) is 270 cm³/mol. The van der Waals surface area contributed by atoms with Crippen molar-refractivity contribution >= 4 is 65.6 Å². The molecule has 0 atom stereocenters. The average molecular weight is 846 g/mol. The minimum atomic E-state index is -0.181. The van der Waals surface area contributed by atoms with E-state index in [9.17, 15) is 0 Å². The standard InChI is InChI=1S/C60H39N5O/c1-60(2)46-25-12-9-23-43(46)53-45(24-15-26-47(53)60)58-61-57(37-19-7-4-8-20-37)62-59(63-58)65-49-28-14-11-22-40(49)42-34-33-41-39-21-10-13-27-48(39)64(55(41)56(42)65)50-29-16-30-51-54(50)44-32-31-38(35-52(44)66-51)36-17-5-3-6-18-36/h3-35H,1-2H3. The molecule has 0 bridgehead atoms. The molecule has 0 amide bonds. The number of para-hydroxylation sites is 2. The van der Waals surface area contributed by atoms with Gasteiger partial charge in [0.2, 0.25) is 5.95 Å². The first-order valence-corrected chi connectivity index (χ1v) is 22.5. The molecule has 310 valence electrons. The lowest BCUT2D eigenvalue weighted by atomic mass is 9.82. The number of hydrogen-bond acceptors (Lipinski definition) is 4. The normalized spacial score (nSPS) is 13.1. The van der Waals surface area contributed by atoms with Gasteiger partial charge in [-0.15, -0.1) is 0 Å². The van der Waals surface area contributed by atoms with Crippen molar-refractivity contribution in [3.8, 4) is 56.7 Å². The van der Waals surface area contributed by atoms with Crippen LogP contribution in [-0.4, -0.2) is 24.1 Å². The molecule has 0 aliphatic heterocycles. The highest BCUT2D eigenvalue weighted by molar-refractivity contribution is 6.24. The Bertz CT molecular complexity index is 4140. The number of aromatic nitrogens is 5. The second-order valence-electron chi connectivity index (χ2n) is 17.9. The van der Waals surface area contributed by atoms with Crippen LogP contribution in [-0.2, 0) is 5.41 Å². The molecule has 14 rings (SSSR count). The van der Waals surface area contributed by atoms with Crippen molar-refractivity contribution in [1.82, 2.24) is 24.1 Å². The molecule has 66 heavy (non-hydrogen) atoms. The number of benzene rings is 9. The highest BCUT2D eigenvalue weighted by atomic mass is 16.3. The molecule has 6 heteroatoms. The molecule has 0 spiro atoms. The molecule has 0 unspecified atom stereocenters. The van der Waals surface area contributed by atoms with Crippen molar-refractivity contribution < 1.29 is 4.42 Å². The van der Waals surface area contributed by atoms with Gasteiger partial charge >= 0.3 is 0 Å². The van der Waals surface area contributed by atoms with Crippen LogP contribution in [0.3, 0.4) is 0 Å². The van der Waals surface area contributed by atoms with Crippen molar-refractivity contribution in [3.05, 3.63) is 211 Å². The third-order valence-corrected chi connectivity index (χ3v) is 14.0. The Morgan fingerprint density at radius 1 is 0.409 bits per heavy atom. The molecular weight excluding hydrogens is 807 g/mol. The van der Waals surface area contributed by atoms with E-state index in [1.807, 2.05) is 24.3 Å². The van der Waals surface area contributed by atoms with Crippen molar-refractivity contribution in [2.75, 3.05) is 0 Å². The van der Waals surface area contributed by atoms with Gasteiger partial charge in [-0.1, -0.05) is 178 Å². The molecule has 0 saturated heterocycles. The van der Waals surface area contributed by atoms with Crippen LogP contribution in [0.1, 0.15) is 25.0 Å². The maximum atomic E-state index is 6.74. The third-order valence-electron chi connectivity index (χ3n) is 14.0. The molecule has 6 nitrogen and oxygen atoms in total. The van der Waals surface area contributed by atoms with Gasteiger partial charge in [0.15, 0.2) is 11.6 Å². The zero-order valence-electron chi connectivity index (χ0n) is 36.2. The van der Waals surface area contributed by atoms with Crippen LogP contribution in [0.2, 0.25) is 0 Å². The second-order valence-corrected chi connectivity index (χ2v) is 17.9. The van der Waals surface area contributed by atoms with Crippen LogP contribution in [0.25, 0.3) is 122 Å². The molecule has 0 fully saturated rings. The maximum Gasteiger partial charge on any atom is 0.238 e. The Balaban J connectivity index is 1.10. The monoisotopic (exact) mass is 845 g/mol. The Morgan fingerprint density at radius 3 is 1.77 bits per heavy atom. The first-order valence-electron chi connectivity index (χ1n) is 22.5. The van der Waals surface area contributed by atoms with Gasteiger partial charge in [0.05, 0.1) is 33.1 Å². The highest BCUT2D eigenvalue weighted by Gasteiger charge is 2.37. The summed E-state index contributed by atoms with van der Waals surface area (Å²) in [7, 11) is 0. The van der Waals surface area contributed by atoms with Crippen molar-refractivity contribution in [3.63, 3.8) is 0 Å². The van der Waals surface area contributed by atoms with Crippen LogP contribution in [0, 0.1) is 0 Å². The summed E-state index contributed by atoms with van der Waals surface area (Å²) in [4.78, 5) is 16.3. The quantitative estimate of drug-likeness (QED) is 0.173. The zero-order chi connectivity index (χ0) is 43.7. The molecule has 4 aromatic heterocycles. The molecule has 0 N–H and O–H groups in total. The lowest BCUT2D eigenvalue weighted by Gasteiger charge is -2.21. The van der Waals surface area contributed by atoms with E-state index < -0.39 is 0 Å². The van der Waals surface area contributed by atoms with E-state index in [-0.39, 0.29) is 5.41 Å². The Morgan fingerprint density at radius 2 is 1.00 bits per heavy atom. The van der Waals surface area contributed by atoms with Crippen molar-refractivity contribution in [2.45, 2.75) is 19.3 Å². The van der Waals surface area contributed by atoms with Crippen LogP contribution in [0.4, 0.5) is 0 Å². The summed E-state index contributed by atoms with van der Waals surface area (Å²) in [5.41, 5.74) is 15.9. The molecule has 13 aromatic rings. The summed E-state index contributed by atoms with van der Waals surface area (Å²) in [6.45, 7) is 4.62. The number of nitrogens with zero attached hydrogens (tertiary/aromatic N) is 5. The third kappa shape index (κ3) is 5.15. The fourth-order valence-electron chi connectivity index (χ4n) is 11.0. The van der Waals surface area contributed by atoms with Gasteiger partial charge in [0, 0.05) is 43.5 Å². The fraction of sp³-hybridized carbons (Fsp3) is 0.0500. The van der Waals surface area contributed by atoms with Gasteiger partial charge in [-0.3, -0.25) is 4.57 Å². The predicted octanol–water partition coefficient (Wildman–Crippen LogP) is 15.3. The lowest BCUT2D eigenvalue weighted by molar-refractivity contribution is 0.660. The minimum absolute atomic E-state index is 0.181. The van der Waals surface area contributed by atoms with Gasteiger partial charge in [-0.25, -0.2) is 4.98 Å². The highest BCUT2D eigenvalue weighted by Crippen LogP contribution is 2.52. The zero-order valence-corrected chi connectivity index (χ0v) is 36.2. The van der Waals surface area contributed by atoms with Gasteiger partial charge in [-0.2, -0.15) is 9.97 Å². The van der Waals surface area contributed by atoms with E-state index in [0.717, 1.165) is 93.5 Å². The fourth-order valence-corrected chi connectivity index (χ4v) is 11.0. The summed E-state index contributed by atoms with van der Waals surface area (Å²) in [5.74, 6) is 1.80. The summed E-state index contributed by atoms with van der Waals surface area (Å²) < 4.78 is 11.5. The average Bonchev–Trinajstić information content (AvgIpc) is 4.09. The first-order chi connectivity index (χ1) is 32.5. The lowest BCUT2D eigenvalue weighted by Crippen LogP contribution is -2.14. The number of fused-ring (bicyclic) bond motifs is 13. The van der Waals surface area contributed by atoms with Crippen molar-refractivity contribution in [2.24, 2.45) is 0 Å². The number of rotatable bonds is 5. The molecule has 4 heterocycles. The molecular formula is C60H39N5O. The second kappa shape index (κ2) is 13.7. The Kier molecular flexibility index (Phi) is 7.64. The van der Waals surface area contributed by atoms with Crippen molar-refractivity contribution in [1.29, 1.82) is 0 Å². The Hall–Kier alpha value is -8.61. The summed E-state index contributed by atoms with van der Waals surface area (Å²) >= 11 is 0. The van der Waals surface area contributed by atoms with Gasteiger partial charge < -0.3 is 8.98 Å². The number of furan rings is 1. The summed E-state index contributed by atoms with van der Waals surface area (Å²) in [6.07, 6.45) is 0. The molecule has 0 radical (unpaired) electrons. The molecule has 1 aliphatic carbocycles. The smallest absolute Gasteiger partial charge is 0.238 e. The first kappa shape index (κ1) is 36.8. The number of hydrogen-bond donors (Lipinski definition) is 0. The van der Waals surface area contributed by atoms with E-state index in [1.54, 1.807) is 0 Å². The SMILES string of the molecule is CC1(C)c2ccccc2-c2c(-c3nc(-c4ccccc4)nc(-n4c5ccccc5c5ccc6c7ccccc7n(-c7cccc8oc9cc(-c%10ccccc%10)ccc9c78)c6c54)n3)cccc21. The van der Waals surface area contributed by atoms with Crippen LogP contribution in [0.15, 0.2) is 205 Å². The molecule has 1 aliphatic rings. The van der Waals surface area contributed by atoms with E-state index in [2.05, 4.69) is 199 Å². The van der Waals surface area contributed by atoms with Crippen LogP contribution >= 0.6 is 0 Å². The summed E-state index contributed by atoms with van der Waals surface area (Å²) in [6, 6.07) is 71.0. The van der Waals surface area contributed by atoms with Gasteiger partial charge in [0.25, 0.3) is 0 Å². The van der Waals surface area contributed by atoms with Crippen LogP contribution in [0.5, 0.6) is 0 Å². The van der Waals surface area contributed by atoms with E-state index in [0.29, 0.717) is 17.6 Å². The Labute approximate surface area is 379 Å². The van der Waals surface area contributed by atoms with E-state index >= 15 is 0 Å².